The summed E-state index contributed by atoms with van der Waals surface area (Å²) in [4.78, 5) is 0. The molecule has 1 aromatic carbocycles. The van der Waals surface area contributed by atoms with Crippen LogP contribution in [-0.2, 0) is 6.18 Å². The van der Waals surface area contributed by atoms with Gasteiger partial charge >= 0.3 is 6.18 Å². The van der Waals surface area contributed by atoms with Gasteiger partial charge in [-0.25, -0.2) is 0 Å². The fraction of sp³-hybridized carbons (Fsp3) is 0.143. The lowest BCUT2D eigenvalue weighted by molar-refractivity contribution is -0.137. The monoisotopic (exact) mass is 384 g/mol. The lowest BCUT2D eigenvalue weighted by Crippen LogP contribution is -2.06. The average molecular weight is 385 g/mol. The number of benzene rings is 1. The molecule has 0 unspecified atom stereocenters. The Kier molecular flexibility index (Phi) is 3.51. The van der Waals surface area contributed by atoms with Crippen LogP contribution in [0.1, 0.15) is 5.56 Å². The van der Waals surface area contributed by atoms with E-state index >= 15 is 0 Å². The zero-order valence-corrected chi connectivity index (χ0v) is 10.4. The van der Waals surface area contributed by atoms with Crippen molar-refractivity contribution in [2.24, 2.45) is 0 Å². The molecular formula is C7H2BrClF3I. The molecule has 0 bridgehead atoms. The Morgan fingerprint density at radius 1 is 1.31 bits per heavy atom. The number of alkyl halides is 3. The second-order valence-corrected chi connectivity index (χ2v) is 4.67. The van der Waals surface area contributed by atoms with Crippen LogP contribution in [0.4, 0.5) is 13.2 Å². The van der Waals surface area contributed by atoms with Gasteiger partial charge in [-0.05, 0) is 50.7 Å². The van der Waals surface area contributed by atoms with E-state index in [0.717, 1.165) is 6.07 Å². The standard InChI is InChI=1S/C7H2BrClF3I/c8-4-1-3(7(10,11)12)5(9)2-6(4)13/h1-2H. The van der Waals surface area contributed by atoms with Crippen molar-refractivity contribution in [2.75, 3.05) is 0 Å². The van der Waals surface area contributed by atoms with Crippen LogP contribution in [0.5, 0.6) is 0 Å². The molecular weight excluding hydrogens is 383 g/mol. The molecule has 0 N–H and O–H groups in total. The summed E-state index contributed by atoms with van der Waals surface area (Å²) in [6, 6.07) is 2.25. The van der Waals surface area contributed by atoms with Gasteiger partial charge < -0.3 is 0 Å². The zero-order valence-electron chi connectivity index (χ0n) is 5.92. The molecule has 0 aliphatic carbocycles. The molecule has 0 nitrogen and oxygen atoms in total. The van der Waals surface area contributed by atoms with Crippen molar-refractivity contribution in [3.63, 3.8) is 0 Å². The van der Waals surface area contributed by atoms with E-state index in [2.05, 4.69) is 15.9 Å². The van der Waals surface area contributed by atoms with E-state index < -0.39 is 11.7 Å². The number of hydrogen-bond acceptors (Lipinski definition) is 0. The zero-order chi connectivity index (χ0) is 10.2. The van der Waals surface area contributed by atoms with Gasteiger partial charge in [-0.1, -0.05) is 11.6 Å². The second-order valence-electron chi connectivity index (χ2n) is 2.24. The van der Waals surface area contributed by atoms with E-state index in [-0.39, 0.29) is 5.02 Å². The highest BCUT2D eigenvalue weighted by atomic mass is 127. The van der Waals surface area contributed by atoms with Crippen LogP contribution in [0, 0.1) is 3.57 Å². The molecule has 6 heteroatoms. The largest absolute Gasteiger partial charge is 0.417 e. The minimum absolute atomic E-state index is 0.278. The third-order valence-electron chi connectivity index (χ3n) is 1.32. The summed E-state index contributed by atoms with van der Waals surface area (Å²) in [5.41, 5.74) is -0.818. The van der Waals surface area contributed by atoms with Gasteiger partial charge in [0.1, 0.15) is 0 Å². The van der Waals surface area contributed by atoms with Crippen molar-refractivity contribution in [3.05, 3.63) is 30.8 Å². The van der Waals surface area contributed by atoms with Crippen LogP contribution in [0.2, 0.25) is 5.02 Å². The fourth-order valence-corrected chi connectivity index (χ4v) is 2.01. The van der Waals surface area contributed by atoms with Crippen molar-refractivity contribution in [3.8, 4) is 0 Å². The molecule has 0 radical (unpaired) electrons. The van der Waals surface area contributed by atoms with Gasteiger partial charge in [0.25, 0.3) is 0 Å². The maximum absolute atomic E-state index is 12.3. The van der Waals surface area contributed by atoms with Crippen LogP contribution in [0.15, 0.2) is 16.6 Å². The first-order chi connectivity index (χ1) is 5.82. The molecule has 0 aliphatic heterocycles. The first kappa shape index (κ1) is 11.6. The normalized spacial score (nSPS) is 11.8. The molecule has 0 saturated carbocycles. The maximum Gasteiger partial charge on any atom is 0.417 e. The maximum atomic E-state index is 12.3. The number of halogens is 6. The molecule has 1 aromatic rings. The molecule has 0 saturated heterocycles. The van der Waals surface area contributed by atoms with Gasteiger partial charge in [0.2, 0.25) is 0 Å². The fourth-order valence-electron chi connectivity index (χ4n) is 0.740. The van der Waals surface area contributed by atoms with E-state index in [1.54, 1.807) is 0 Å². The van der Waals surface area contributed by atoms with Gasteiger partial charge in [-0.15, -0.1) is 0 Å². The smallest absolute Gasteiger partial charge is 0.166 e. The number of rotatable bonds is 0. The van der Waals surface area contributed by atoms with Gasteiger partial charge in [0.05, 0.1) is 10.6 Å². The first-order valence-electron chi connectivity index (χ1n) is 3.04. The Hall–Kier alpha value is 0.510. The highest BCUT2D eigenvalue weighted by Gasteiger charge is 2.33. The topological polar surface area (TPSA) is 0 Å². The molecule has 0 heterocycles. The molecule has 0 spiro atoms. The Bertz CT molecular complexity index is 337. The summed E-state index contributed by atoms with van der Waals surface area (Å²) in [5.74, 6) is 0. The summed E-state index contributed by atoms with van der Waals surface area (Å²) in [7, 11) is 0. The summed E-state index contributed by atoms with van der Waals surface area (Å²) >= 11 is 10.3. The van der Waals surface area contributed by atoms with Crippen molar-refractivity contribution < 1.29 is 13.2 Å². The number of hydrogen-bond donors (Lipinski definition) is 0. The summed E-state index contributed by atoms with van der Waals surface area (Å²) in [6.07, 6.45) is -4.40. The molecule has 0 fully saturated rings. The Balaban J connectivity index is 3.32. The quantitative estimate of drug-likeness (QED) is 0.448. The van der Waals surface area contributed by atoms with Crippen molar-refractivity contribution in [1.29, 1.82) is 0 Å². The van der Waals surface area contributed by atoms with E-state index in [9.17, 15) is 13.2 Å². The summed E-state index contributed by atoms with van der Waals surface area (Å²) in [5, 5.41) is -0.278. The minimum atomic E-state index is -4.40. The average Bonchev–Trinajstić information content (AvgIpc) is 1.94. The molecule has 72 valence electrons. The van der Waals surface area contributed by atoms with Crippen LogP contribution in [0.3, 0.4) is 0 Å². The van der Waals surface area contributed by atoms with E-state index in [0.29, 0.717) is 8.04 Å². The van der Waals surface area contributed by atoms with Crippen molar-refractivity contribution in [2.45, 2.75) is 6.18 Å². The lowest BCUT2D eigenvalue weighted by atomic mass is 10.2. The van der Waals surface area contributed by atoms with Gasteiger partial charge in [-0.3, -0.25) is 0 Å². The van der Waals surface area contributed by atoms with Gasteiger partial charge in [0.15, 0.2) is 0 Å². The minimum Gasteiger partial charge on any atom is -0.166 e. The first-order valence-corrected chi connectivity index (χ1v) is 5.29. The Labute approximate surface area is 99.7 Å². The highest BCUT2D eigenvalue weighted by Crippen LogP contribution is 2.37. The molecule has 0 atom stereocenters. The van der Waals surface area contributed by atoms with Gasteiger partial charge in [-0.2, -0.15) is 13.2 Å². The van der Waals surface area contributed by atoms with Gasteiger partial charge in [0, 0.05) is 8.04 Å². The molecule has 0 amide bonds. The Morgan fingerprint density at radius 2 is 1.85 bits per heavy atom. The summed E-state index contributed by atoms with van der Waals surface area (Å²) < 4.78 is 37.8. The molecule has 0 aliphatic rings. The predicted molar refractivity (Wildman–Crippen MR) is 56.9 cm³/mol. The van der Waals surface area contributed by atoms with Crippen molar-refractivity contribution >= 4 is 50.1 Å². The van der Waals surface area contributed by atoms with Crippen LogP contribution in [-0.4, -0.2) is 0 Å². The van der Waals surface area contributed by atoms with Crippen molar-refractivity contribution in [1.82, 2.24) is 0 Å². The van der Waals surface area contributed by atoms with Crippen LogP contribution in [0.25, 0.3) is 0 Å². The molecule has 1 rings (SSSR count). The molecule has 13 heavy (non-hydrogen) atoms. The summed E-state index contributed by atoms with van der Waals surface area (Å²) in [6.45, 7) is 0. The third kappa shape index (κ3) is 2.73. The predicted octanol–water partition coefficient (Wildman–Crippen LogP) is 4.73. The van der Waals surface area contributed by atoms with E-state index in [1.165, 1.54) is 6.07 Å². The van der Waals surface area contributed by atoms with E-state index in [1.807, 2.05) is 22.6 Å². The Morgan fingerprint density at radius 3 is 2.31 bits per heavy atom. The van der Waals surface area contributed by atoms with E-state index in [4.69, 9.17) is 11.6 Å². The lowest BCUT2D eigenvalue weighted by Gasteiger charge is -2.09. The van der Waals surface area contributed by atoms with Crippen LogP contribution < -0.4 is 0 Å². The third-order valence-corrected chi connectivity index (χ3v) is 3.92. The second kappa shape index (κ2) is 3.94. The van der Waals surface area contributed by atoms with Crippen LogP contribution >= 0.6 is 50.1 Å². The highest BCUT2D eigenvalue weighted by molar-refractivity contribution is 14.1. The SMILES string of the molecule is FC(F)(F)c1cc(Br)c(I)cc1Cl. The molecule has 0 aromatic heterocycles.